The third-order valence-electron chi connectivity index (χ3n) is 4.23. The largest absolute Gasteiger partial charge is 0.375 e. The van der Waals surface area contributed by atoms with E-state index in [2.05, 4.69) is 34.4 Å². The normalized spacial score (nSPS) is 21.0. The van der Waals surface area contributed by atoms with Crippen LogP contribution in [-0.4, -0.2) is 34.8 Å². The van der Waals surface area contributed by atoms with Crippen LogP contribution in [0.3, 0.4) is 0 Å². The van der Waals surface area contributed by atoms with Crippen LogP contribution < -0.4 is 16.4 Å². The van der Waals surface area contributed by atoms with Crippen molar-refractivity contribution in [2.45, 2.75) is 58.1 Å². The molecule has 6 heteroatoms. The maximum Gasteiger partial charge on any atom is 0.223 e. The summed E-state index contributed by atoms with van der Waals surface area (Å²) < 4.78 is 6.01. The second kappa shape index (κ2) is 6.93. The van der Waals surface area contributed by atoms with Crippen LogP contribution in [0, 0.1) is 0 Å². The molecule has 0 bridgehead atoms. The summed E-state index contributed by atoms with van der Waals surface area (Å²) in [7, 11) is 0. The number of nitrogens with two attached hydrogens (primary N) is 1. The maximum atomic E-state index is 6.01. The van der Waals surface area contributed by atoms with E-state index in [1.54, 1.807) is 0 Å². The minimum absolute atomic E-state index is 0.00100. The molecule has 1 fully saturated rings. The minimum Gasteiger partial charge on any atom is -0.375 e. The Morgan fingerprint density at radius 3 is 2.67 bits per heavy atom. The molecule has 4 N–H and O–H groups in total. The maximum absolute atomic E-state index is 6.01. The topological polar surface area (TPSA) is 85.1 Å². The third kappa shape index (κ3) is 3.97. The van der Waals surface area contributed by atoms with E-state index in [-0.39, 0.29) is 5.60 Å². The molecule has 0 saturated carbocycles. The van der Waals surface area contributed by atoms with Crippen LogP contribution in [0.1, 0.15) is 46.5 Å². The fourth-order valence-corrected chi connectivity index (χ4v) is 2.91. The van der Waals surface area contributed by atoms with E-state index in [1.807, 2.05) is 13.0 Å². The third-order valence-corrected chi connectivity index (χ3v) is 4.23. The van der Waals surface area contributed by atoms with Crippen LogP contribution in [0.15, 0.2) is 6.07 Å². The number of hydrogen-bond donors (Lipinski definition) is 3. The lowest BCUT2D eigenvalue weighted by Gasteiger charge is -2.40. The quantitative estimate of drug-likeness (QED) is 0.747. The molecule has 118 valence electrons. The Morgan fingerprint density at radius 1 is 1.29 bits per heavy atom. The molecule has 0 aromatic carbocycles. The van der Waals surface area contributed by atoms with E-state index in [9.17, 15) is 0 Å². The van der Waals surface area contributed by atoms with Gasteiger partial charge in [0, 0.05) is 25.3 Å². The van der Waals surface area contributed by atoms with Crippen LogP contribution in [0.5, 0.6) is 0 Å². The van der Waals surface area contributed by atoms with Gasteiger partial charge in [0.1, 0.15) is 11.6 Å². The first kappa shape index (κ1) is 15.8. The molecule has 1 unspecified atom stereocenters. The Bertz CT molecular complexity index is 461. The molecule has 0 aliphatic carbocycles. The molecular formula is C15H27N5O. The van der Waals surface area contributed by atoms with E-state index in [0.29, 0.717) is 12.0 Å². The van der Waals surface area contributed by atoms with Gasteiger partial charge in [0.25, 0.3) is 0 Å². The van der Waals surface area contributed by atoms with Crippen LogP contribution in [0.25, 0.3) is 0 Å². The van der Waals surface area contributed by atoms with Crippen molar-refractivity contribution in [1.29, 1.82) is 0 Å². The molecule has 6 nitrogen and oxygen atoms in total. The van der Waals surface area contributed by atoms with E-state index < -0.39 is 0 Å². The van der Waals surface area contributed by atoms with Gasteiger partial charge in [-0.1, -0.05) is 13.8 Å². The Kier molecular flexibility index (Phi) is 5.22. The average molecular weight is 293 g/mol. The van der Waals surface area contributed by atoms with Crippen LogP contribution >= 0.6 is 0 Å². The lowest BCUT2D eigenvalue weighted by molar-refractivity contribution is -0.0864. The van der Waals surface area contributed by atoms with Crippen LogP contribution in [0.2, 0.25) is 0 Å². The van der Waals surface area contributed by atoms with Gasteiger partial charge in [-0.15, -0.1) is 0 Å². The summed E-state index contributed by atoms with van der Waals surface area (Å²) in [6.45, 7) is 8.01. The smallest absolute Gasteiger partial charge is 0.223 e. The van der Waals surface area contributed by atoms with Gasteiger partial charge < -0.3 is 21.1 Å². The first-order valence-corrected chi connectivity index (χ1v) is 7.89. The molecule has 2 heterocycles. The number of aromatic nitrogens is 2. The lowest BCUT2D eigenvalue weighted by atomic mass is 9.86. The number of nitrogens with one attached hydrogen (secondary N) is 2. The molecule has 2 rings (SSSR count). The zero-order valence-electron chi connectivity index (χ0n) is 13.3. The highest BCUT2D eigenvalue weighted by molar-refractivity contribution is 5.51. The Labute approximate surface area is 126 Å². The van der Waals surface area contributed by atoms with Gasteiger partial charge in [-0.2, -0.15) is 9.97 Å². The van der Waals surface area contributed by atoms with Crippen molar-refractivity contribution in [3.8, 4) is 0 Å². The highest BCUT2D eigenvalue weighted by atomic mass is 16.5. The number of rotatable bonds is 6. The Balaban J connectivity index is 2.07. The summed E-state index contributed by atoms with van der Waals surface area (Å²) in [5.41, 5.74) is 5.77. The summed E-state index contributed by atoms with van der Waals surface area (Å²) >= 11 is 0. The lowest BCUT2D eigenvalue weighted by Crippen LogP contribution is -2.43. The van der Waals surface area contributed by atoms with Crippen molar-refractivity contribution in [3.63, 3.8) is 0 Å². The first-order valence-electron chi connectivity index (χ1n) is 7.89. The summed E-state index contributed by atoms with van der Waals surface area (Å²) in [5.74, 6) is 1.84. The number of anilines is 3. The van der Waals surface area contributed by atoms with Crippen molar-refractivity contribution in [2.75, 3.05) is 29.5 Å². The van der Waals surface area contributed by atoms with Crippen LogP contribution in [-0.2, 0) is 4.74 Å². The van der Waals surface area contributed by atoms with Gasteiger partial charge in [0.15, 0.2) is 0 Å². The molecule has 0 spiro atoms. The monoisotopic (exact) mass is 293 g/mol. The Hall–Kier alpha value is -1.56. The fourth-order valence-electron chi connectivity index (χ4n) is 2.91. The molecule has 0 radical (unpaired) electrons. The van der Waals surface area contributed by atoms with Gasteiger partial charge in [-0.3, -0.25) is 0 Å². The van der Waals surface area contributed by atoms with E-state index in [0.717, 1.165) is 50.5 Å². The zero-order chi connectivity index (χ0) is 15.3. The van der Waals surface area contributed by atoms with Crippen LogP contribution in [0.4, 0.5) is 17.6 Å². The average Bonchev–Trinajstić information content (AvgIpc) is 2.47. The van der Waals surface area contributed by atoms with Crippen molar-refractivity contribution in [3.05, 3.63) is 6.07 Å². The predicted molar refractivity (Wildman–Crippen MR) is 86.5 cm³/mol. The summed E-state index contributed by atoms with van der Waals surface area (Å²) in [5, 5.41) is 6.66. The van der Waals surface area contributed by atoms with E-state index in [4.69, 9.17) is 10.5 Å². The zero-order valence-corrected chi connectivity index (χ0v) is 13.3. The van der Waals surface area contributed by atoms with Crippen molar-refractivity contribution in [2.24, 2.45) is 0 Å². The minimum atomic E-state index is -0.00100. The highest BCUT2D eigenvalue weighted by Gasteiger charge is 2.34. The molecule has 1 aliphatic heterocycles. The fraction of sp³-hybridized carbons (Fsp3) is 0.733. The second-order valence-corrected chi connectivity index (χ2v) is 5.60. The summed E-state index contributed by atoms with van der Waals surface area (Å²) in [4.78, 5) is 8.45. The second-order valence-electron chi connectivity index (χ2n) is 5.60. The summed E-state index contributed by atoms with van der Waals surface area (Å²) in [6.07, 6.45) is 4.06. The van der Waals surface area contributed by atoms with Crippen molar-refractivity contribution >= 4 is 17.6 Å². The van der Waals surface area contributed by atoms with Crippen molar-refractivity contribution in [1.82, 2.24) is 9.97 Å². The molecular weight excluding hydrogens is 266 g/mol. The van der Waals surface area contributed by atoms with Gasteiger partial charge in [-0.05, 0) is 32.6 Å². The van der Waals surface area contributed by atoms with E-state index >= 15 is 0 Å². The number of nitrogen functional groups attached to an aromatic ring is 1. The van der Waals surface area contributed by atoms with Gasteiger partial charge in [-0.25, -0.2) is 0 Å². The molecule has 1 saturated heterocycles. The number of ether oxygens (including phenoxy) is 1. The highest BCUT2D eigenvalue weighted by Crippen LogP contribution is 2.32. The number of nitrogens with zero attached hydrogens (tertiary/aromatic N) is 2. The van der Waals surface area contributed by atoms with Gasteiger partial charge >= 0.3 is 0 Å². The van der Waals surface area contributed by atoms with Gasteiger partial charge in [0.05, 0.1) is 5.60 Å². The molecule has 21 heavy (non-hydrogen) atoms. The van der Waals surface area contributed by atoms with E-state index in [1.165, 1.54) is 0 Å². The molecule has 1 atom stereocenters. The predicted octanol–water partition coefficient (Wildman–Crippen LogP) is 2.64. The molecule has 1 aliphatic rings. The molecule has 0 amide bonds. The Morgan fingerprint density at radius 2 is 2.00 bits per heavy atom. The standard InChI is InChI=1S/C15H27N5O/c1-4-15(5-2)10-11(7-8-21-15)18-13-9-12(17-6-3)19-14(16)20-13/h9,11H,4-8,10H2,1-3H3,(H4,16,17,18,19,20). The SMILES string of the molecule is CCNc1cc(NC2CCOC(CC)(CC)C2)nc(N)n1. The molecule has 1 aromatic heterocycles. The van der Waals surface area contributed by atoms with Gasteiger partial charge in [0.2, 0.25) is 5.95 Å². The van der Waals surface area contributed by atoms with Crippen molar-refractivity contribution < 1.29 is 4.74 Å². The summed E-state index contributed by atoms with van der Waals surface area (Å²) in [6, 6.07) is 2.27. The number of hydrogen-bond acceptors (Lipinski definition) is 6. The first-order chi connectivity index (χ1) is 10.1. The molecule has 1 aromatic rings.